The van der Waals surface area contributed by atoms with Crippen LogP contribution in [-0.2, 0) is 42.4 Å². The molecular formula is C18H25N7O9S2. The Balaban J connectivity index is 0.000000207. The average Bonchev–Trinajstić information content (AvgIpc) is 3.45. The summed E-state index contributed by atoms with van der Waals surface area (Å²) in [6, 6.07) is -1.40. The number of rotatable bonds is 8. The molecule has 2 aliphatic rings. The summed E-state index contributed by atoms with van der Waals surface area (Å²) in [6.45, 7) is 4.40. The highest BCUT2D eigenvalue weighted by Crippen LogP contribution is 2.46. The molecule has 0 bridgehead atoms. The lowest BCUT2D eigenvalue weighted by Gasteiger charge is -2.35. The minimum absolute atomic E-state index is 0.0363. The van der Waals surface area contributed by atoms with Crippen LogP contribution in [0, 0.1) is 17.0 Å². The monoisotopic (exact) mass is 547 g/mol. The summed E-state index contributed by atoms with van der Waals surface area (Å²) in [5.41, 5.74) is 0. The molecule has 2 aromatic heterocycles. The molecule has 1 N–H and O–H groups in total. The number of amides is 1. The van der Waals surface area contributed by atoms with Gasteiger partial charge in [-0.1, -0.05) is 12.1 Å². The number of hydrogen-bond acceptors (Lipinski definition) is 11. The van der Waals surface area contributed by atoms with Crippen molar-refractivity contribution in [2.24, 2.45) is 0 Å². The maximum Gasteiger partial charge on any atom is 0.342 e. The smallest absolute Gasteiger partial charge is 0.342 e. The zero-order valence-electron chi connectivity index (χ0n) is 19.6. The second kappa shape index (κ2) is 9.57. The van der Waals surface area contributed by atoms with E-state index >= 15 is 0 Å². The van der Waals surface area contributed by atoms with Crippen LogP contribution in [0.15, 0.2) is 18.6 Å². The van der Waals surface area contributed by atoms with Crippen LogP contribution in [0.3, 0.4) is 0 Å². The number of carboxylic acids is 1. The van der Waals surface area contributed by atoms with E-state index in [2.05, 4.69) is 15.3 Å². The maximum absolute atomic E-state index is 12.5. The Morgan fingerprint density at radius 2 is 2.06 bits per heavy atom. The molecule has 0 saturated carbocycles. The summed E-state index contributed by atoms with van der Waals surface area (Å²) in [7, 11) is -6.92. The van der Waals surface area contributed by atoms with E-state index in [0.29, 0.717) is 5.82 Å². The van der Waals surface area contributed by atoms with Gasteiger partial charge >= 0.3 is 11.8 Å². The fourth-order valence-corrected chi connectivity index (χ4v) is 7.29. The van der Waals surface area contributed by atoms with E-state index in [0.717, 1.165) is 11.1 Å². The lowest BCUT2D eigenvalue weighted by Crippen LogP contribution is -2.58. The van der Waals surface area contributed by atoms with Crippen LogP contribution in [-0.4, -0.2) is 95.9 Å². The van der Waals surface area contributed by atoms with Crippen LogP contribution in [0.1, 0.15) is 26.1 Å². The molecule has 2 fully saturated rings. The van der Waals surface area contributed by atoms with Gasteiger partial charge < -0.3 is 20.1 Å². The number of imidazole rings is 1. The number of fused-ring (bicyclic) bond motifs is 1. The zero-order chi connectivity index (χ0) is 27.1. The van der Waals surface area contributed by atoms with Crippen LogP contribution < -0.4 is 0 Å². The van der Waals surface area contributed by atoms with Crippen molar-refractivity contribution in [3.05, 3.63) is 34.5 Å². The van der Waals surface area contributed by atoms with Crippen LogP contribution in [0.5, 0.6) is 0 Å². The second-order valence-corrected chi connectivity index (χ2v) is 13.5. The molecule has 0 radical (unpaired) electrons. The number of carboxylic acid groups (broad SMARTS) is 1. The maximum atomic E-state index is 12.5. The van der Waals surface area contributed by atoms with Gasteiger partial charge in [0.2, 0.25) is 5.91 Å². The minimum atomic E-state index is -3.80. The lowest BCUT2D eigenvalue weighted by atomic mass is 9.96. The van der Waals surface area contributed by atoms with E-state index in [4.69, 9.17) is 0 Å². The van der Waals surface area contributed by atoms with Crippen LogP contribution in [0.2, 0.25) is 0 Å². The van der Waals surface area contributed by atoms with Crippen molar-refractivity contribution in [3.63, 3.8) is 0 Å². The fourth-order valence-electron chi connectivity index (χ4n) is 4.18. The SMILES string of the molecule is CCS(=O)(=O)CCn1c([N+](=O)[O-])cnc1C.C[C@]1(Cn2ccnn2)[C@H](C(=O)O)N2C(=O)C[C@H]2S1(=O)=O. The number of sulfone groups is 2. The first kappa shape index (κ1) is 27.2. The summed E-state index contributed by atoms with van der Waals surface area (Å²) in [6.07, 6.45) is 3.81. The van der Waals surface area contributed by atoms with Gasteiger partial charge in [-0.25, -0.2) is 31.2 Å². The molecule has 0 aromatic carbocycles. The van der Waals surface area contributed by atoms with E-state index in [1.165, 1.54) is 28.6 Å². The third kappa shape index (κ3) is 4.69. The number of aliphatic carboxylic acids is 1. The summed E-state index contributed by atoms with van der Waals surface area (Å²) in [5, 5.41) is 26.2. The largest absolute Gasteiger partial charge is 0.480 e. The normalized spacial score (nSPS) is 24.4. The standard InChI is InChI=1S/C10H12N4O5S.C8H13N3O4S/c1-10(5-13-3-2-11-12-13)8(9(16)17)14-6(15)4-7(14)20(10,18)19;1-3-16(14,15)5-4-10-7(2)9-6-8(10)11(12)13/h2-3,7-8H,4-5H2,1H3,(H,16,17);6H,3-5H2,1-2H3/t7-,8+,10+;/m1./s1. The van der Waals surface area contributed by atoms with Crippen LogP contribution in [0.4, 0.5) is 5.82 Å². The molecule has 2 aromatic rings. The lowest BCUT2D eigenvalue weighted by molar-refractivity contribution is -0.392. The molecule has 36 heavy (non-hydrogen) atoms. The molecule has 0 spiro atoms. The fraction of sp³-hybridized carbons (Fsp3) is 0.611. The Morgan fingerprint density at radius 1 is 1.39 bits per heavy atom. The topological polar surface area (TPSA) is 218 Å². The number of carbonyl (C=O) groups is 2. The van der Waals surface area contributed by atoms with E-state index < -0.39 is 52.6 Å². The number of β-lactam (4-membered cyclic amide) rings is 1. The number of nitrogens with zero attached hydrogens (tertiary/aromatic N) is 7. The molecule has 18 heteroatoms. The molecular weight excluding hydrogens is 522 g/mol. The van der Waals surface area contributed by atoms with E-state index in [9.17, 15) is 41.6 Å². The Bertz CT molecular complexity index is 1390. The zero-order valence-corrected chi connectivity index (χ0v) is 21.2. The van der Waals surface area contributed by atoms with Gasteiger partial charge in [0.1, 0.15) is 22.9 Å². The predicted molar refractivity (Wildman–Crippen MR) is 122 cm³/mol. The number of nitro groups is 1. The first-order chi connectivity index (χ1) is 16.7. The van der Waals surface area contributed by atoms with Gasteiger partial charge in [0, 0.05) is 18.9 Å². The minimum Gasteiger partial charge on any atom is -0.480 e. The number of carbonyl (C=O) groups excluding carboxylic acids is 1. The molecule has 4 rings (SSSR count). The van der Waals surface area contributed by atoms with Crippen molar-refractivity contribution in [3.8, 4) is 0 Å². The van der Waals surface area contributed by atoms with Crippen molar-refractivity contribution in [1.29, 1.82) is 0 Å². The molecule has 0 aliphatic carbocycles. The van der Waals surface area contributed by atoms with E-state index in [1.807, 2.05) is 0 Å². The molecule has 198 valence electrons. The Hall–Kier alpha value is -3.41. The number of aryl methyl sites for hydroxylation is 1. The molecule has 0 unspecified atom stereocenters. The van der Waals surface area contributed by atoms with Gasteiger partial charge in [0.15, 0.2) is 31.5 Å². The van der Waals surface area contributed by atoms with E-state index in [1.54, 1.807) is 13.8 Å². The van der Waals surface area contributed by atoms with Gasteiger partial charge in [0.25, 0.3) is 0 Å². The Kier molecular flexibility index (Phi) is 7.22. The molecule has 4 heterocycles. The van der Waals surface area contributed by atoms with Crippen molar-refractivity contribution < 1.29 is 36.5 Å². The highest BCUT2D eigenvalue weighted by Gasteiger charge is 2.70. The van der Waals surface area contributed by atoms with E-state index in [-0.39, 0.29) is 36.8 Å². The van der Waals surface area contributed by atoms with Crippen molar-refractivity contribution in [1.82, 2.24) is 29.4 Å². The first-order valence-electron chi connectivity index (χ1n) is 10.6. The third-order valence-corrected chi connectivity index (χ3v) is 10.7. The number of aromatic nitrogens is 5. The molecule has 16 nitrogen and oxygen atoms in total. The molecule has 2 aliphatic heterocycles. The summed E-state index contributed by atoms with van der Waals surface area (Å²) < 4.78 is 48.6. The predicted octanol–water partition coefficient (Wildman–Crippen LogP) is -0.989. The van der Waals surface area contributed by atoms with Crippen molar-refractivity contribution in [2.45, 2.75) is 56.4 Å². The second-order valence-electron chi connectivity index (χ2n) is 8.47. The highest BCUT2D eigenvalue weighted by atomic mass is 32.2. The van der Waals surface area contributed by atoms with Gasteiger partial charge in [-0.2, -0.15) is 0 Å². The van der Waals surface area contributed by atoms with Crippen LogP contribution in [0.25, 0.3) is 0 Å². The Labute approximate surface area is 205 Å². The van der Waals surface area contributed by atoms with Crippen molar-refractivity contribution >= 4 is 37.4 Å². The average molecular weight is 548 g/mol. The molecule has 1 amide bonds. The Morgan fingerprint density at radius 3 is 2.56 bits per heavy atom. The quantitative estimate of drug-likeness (QED) is 0.239. The summed E-state index contributed by atoms with van der Waals surface area (Å²) in [5.74, 6) is -1.59. The van der Waals surface area contributed by atoms with Crippen molar-refractivity contribution in [2.75, 3.05) is 11.5 Å². The number of hydrogen-bond donors (Lipinski definition) is 1. The summed E-state index contributed by atoms with van der Waals surface area (Å²) in [4.78, 5) is 37.8. The first-order valence-corrected chi connectivity index (χ1v) is 14.0. The van der Waals surface area contributed by atoms with Gasteiger partial charge in [-0.05, 0) is 11.8 Å². The highest BCUT2D eigenvalue weighted by molar-refractivity contribution is 7.93. The van der Waals surface area contributed by atoms with Gasteiger partial charge in [-0.15, -0.1) is 5.10 Å². The van der Waals surface area contributed by atoms with Gasteiger partial charge in [0.05, 0.1) is 24.9 Å². The third-order valence-electron chi connectivity index (χ3n) is 6.28. The summed E-state index contributed by atoms with van der Waals surface area (Å²) >= 11 is 0. The van der Waals surface area contributed by atoms with Crippen LogP contribution >= 0.6 is 0 Å². The van der Waals surface area contributed by atoms with Gasteiger partial charge in [-0.3, -0.25) is 9.48 Å². The molecule has 2 saturated heterocycles. The molecule has 3 atom stereocenters.